The number of ether oxygens (including phenoxy) is 1. The fourth-order valence-corrected chi connectivity index (χ4v) is 2.08. The van der Waals surface area contributed by atoms with Crippen LogP contribution in [0.2, 0.25) is 5.15 Å². The second-order valence-electron chi connectivity index (χ2n) is 5.28. The van der Waals surface area contributed by atoms with Crippen molar-refractivity contribution in [3.05, 3.63) is 46.9 Å². The largest absolute Gasteiger partial charge is 0.493 e. The number of hydrogen-bond acceptors (Lipinski definition) is 3. The van der Waals surface area contributed by atoms with Gasteiger partial charge < -0.3 is 10.5 Å². The van der Waals surface area contributed by atoms with Crippen LogP contribution in [-0.4, -0.2) is 17.5 Å². The molecule has 1 amide bonds. The Morgan fingerprint density at radius 3 is 2.68 bits per heavy atom. The van der Waals surface area contributed by atoms with E-state index in [1.165, 1.54) is 18.2 Å². The van der Waals surface area contributed by atoms with Crippen molar-refractivity contribution in [2.24, 2.45) is 11.7 Å². The van der Waals surface area contributed by atoms with Crippen LogP contribution >= 0.6 is 11.6 Å². The molecule has 0 saturated heterocycles. The molecule has 0 radical (unpaired) electrons. The van der Waals surface area contributed by atoms with Gasteiger partial charge in [-0.05, 0) is 30.2 Å². The third-order valence-electron chi connectivity index (χ3n) is 2.86. The van der Waals surface area contributed by atoms with Gasteiger partial charge in [-0.15, -0.1) is 0 Å². The fourth-order valence-electron chi connectivity index (χ4n) is 1.84. The maximum atomic E-state index is 13.7. The maximum absolute atomic E-state index is 13.7. The number of benzene rings is 1. The first-order valence-corrected chi connectivity index (χ1v) is 7.14. The average molecular weight is 323 g/mol. The molecular weight excluding hydrogens is 307 g/mol. The van der Waals surface area contributed by atoms with Gasteiger partial charge in [-0.3, -0.25) is 4.79 Å². The summed E-state index contributed by atoms with van der Waals surface area (Å²) in [6.45, 7) is 4.49. The van der Waals surface area contributed by atoms with Gasteiger partial charge in [-0.2, -0.15) is 0 Å². The van der Waals surface area contributed by atoms with Crippen molar-refractivity contribution in [3.63, 3.8) is 0 Å². The Morgan fingerprint density at radius 1 is 1.36 bits per heavy atom. The summed E-state index contributed by atoms with van der Waals surface area (Å²) in [5.41, 5.74) is 6.24. The summed E-state index contributed by atoms with van der Waals surface area (Å²) in [7, 11) is 0. The van der Waals surface area contributed by atoms with E-state index >= 15 is 0 Å². The highest BCUT2D eigenvalue weighted by molar-refractivity contribution is 6.32. The van der Waals surface area contributed by atoms with Crippen LogP contribution in [0, 0.1) is 11.7 Å². The second kappa shape index (κ2) is 6.75. The van der Waals surface area contributed by atoms with Gasteiger partial charge >= 0.3 is 0 Å². The van der Waals surface area contributed by atoms with Gasteiger partial charge in [0.2, 0.25) is 0 Å². The first-order chi connectivity index (χ1) is 10.4. The maximum Gasteiger partial charge on any atom is 0.251 e. The van der Waals surface area contributed by atoms with Crippen LogP contribution in [0.15, 0.2) is 30.3 Å². The van der Waals surface area contributed by atoms with Crippen LogP contribution in [0.5, 0.6) is 5.75 Å². The van der Waals surface area contributed by atoms with E-state index in [2.05, 4.69) is 4.98 Å². The summed E-state index contributed by atoms with van der Waals surface area (Å²) < 4.78 is 19.3. The van der Waals surface area contributed by atoms with Gasteiger partial charge in [0.15, 0.2) is 0 Å². The van der Waals surface area contributed by atoms with Crippen LogP contribution < -0.4 is 10.5 Å². The molecule has 0 aliphatic carbocycles. The molecular formula is C16H16ClFN2O2. The van der Waals surface area contributed by atoms with Crippen molar-refractivity contribution in [3.8, 4) is 17.0 Å². The molecule has 1 heterocycles. The predicted octanol–water partition coefficient (Wildman–Crippen LogP) is 3.67. The number of carbonyl (C=O) groups excluding carboxylic acids is 1. The Kier molecular flexibility index (Phi) is 4.98. The van der Waals surface area contributed by atoms with Crippen LogP contribution in [-0.2, 0) is 0 Å². The van der Waals surface area contributed by atoms with Gasteiger partial charge in [0.25, 0.3) is 5.91 Å². The van der Waals surface area contributed by atoms with E-state index in [4.69, 9.17) is 22.1 Å². The first kappa shape index (κ1) is 16.2. The number of aromatic nitrogens is 1. The minimum atomic E-state index is -0.663. The molecule has 0 saturated carbocycles. The van der Waals surface area contributed by atoms with Crippen LogP contribution in [0.25, 0.3) is 11.3 Å². The second-order valence-corrected chi connectivity index (χ2v) is 5.64. The van der Waals surface area contributed by atoms with Crippen LogP contribution in [0.3, 0.4) is 0 Å². The third-order valence-corrected chi connectivity index (χ3v) is 3.15. The van der Waals surface area contributed by atoms with Crippen LogP contribution in [0.4, 0.5) is 4.39 Å². The minimum Gasteiger partial charge on any atom is -0.493 e. The first-order valence-electron chi connectivity index (χ1n) is 6.77. The Hall–Kier alpha value is -2.14. The normalized spacial score (nSPS) is 10.8. The van der Waals surface area contributed by atoms with Crippen molar-refractivity contribution in [2.75, 3.05) is 6.61 Å². The fraction of sp³-hybridized carbons (Fsp3) is 0.250. The van der Waals surface area contributed by atoms with Crippen molar-refractivity contribution >= 4 is 17.5 Å². The highest BCUT2D eigenvalue weighted by atomic mass is 35.5. The molecule has 4 nitrogen and oxygen atoms in total. The summed E-state index contributed by atoms with van der Waals surface area (Å²) in [5.74, 6) is -0.354. The number of amides is 1. The van der Waals surface area contributed by atoms with E-state index in [1.807, 2.05) is 13.8 Å². The summed E-state index contributed by atoms with van der Waals surface area (Å²) in [6.07, 6.45) is 0. The number of carbonyl (C=O) groups is 1. The Balaban J connectivity index is 2.36. The topological polar surface area (TPSA) is 65.2 Å². The molecule has 0 spiro atoms. The lowest BCUT2D eigenvalue weighted by molar-refractivity contribution is 0.1000. The summed E-state index contributed by atoms with van der Waals surface area (Å²) >= 11 is 5.92. The molecule has 0 aliphatic heterocycles. The monoisotopic (exact) mass is 322 g/mol. The Bertz CT molecular complexity index is 705. The number of halogens is 2. The molecule has 1 aromatic carbocycles. The Labute approximate surface area is 133 Å². The van der Waals surface area contributed by atoms with E-state index in [0.29, 0.717) is 29.5 Å². The Morgan fingerprint density at radius 2 is 2.09 bits per heavy atom. The lowest BCUT2D eigenvalue weighted by Gasteiger charge is -2.11. The average Bonchev–Trinajstić information content (AvgIpc) is 2.44. The van der Waals surface area contributed by atoms with Crippen molar-refractivity contribution in [2.45, 2.75) is 13.8 Å². The van der Waals surface area contributed by atoms with Gasteiger partial charge in [-0.25, -0.2) is 9.37 Å². The van der Waals surface area contributed by atoms with Crippen molar-refractivity contribution < 1.29 is 13.9 Å². The molecule has 22 heavy (non-hydrogen) atoms. The number of rotatable bonds is 5. The summed E-state index contributed by atoms with van der Waals surface area (Å²) in [4.78, 5) is 15.2. The number of hydrogen-bond donors (Lipinski definition) is 1. The van der Waals surface area contributed by atoms with Crippen molar-refractivity contribution in [1.29, 1.82) is 0 Å². The molecule has 0 bridgehead atoms. The minimum absolute atomic E-state index is 0.0149. The molecule has 6 heteroatoms. The van der Waals surface area contributed by atoms with Crippen molar-refractivity contribution in [1.82, 2.24) is 4.98 Å². The van der Waals surface area contributed by atoms with E-state index in [9.17, 15) is 9.18 Å². The van der Waals surface area contributed by atoms with Gasteiger partial charge in [0.1, 0.15) is 16.7 Å². The van der Waals surface area contributed by atoms with E-state index in [-0.39, 0.29) is 10.7 Å². The highest BCUT2D eigenvalue weighted by Gasteiger charge is 2.11. The SMILES string of the molecule is CC(C)COc1cc(F)cc(-c2ccc(C(N)=O)c(Cl)n2)c1. The third kappa shape index (κ3) is 3.95. The zero-order chi connectivity index (χ0) is 16.3. The van der Waals surface area contributed by atoms with E-state index in [1.54, 1.807) is 12.1 Å². The zero-order valence-corrected chi connectivity index (χ0v) is 13.0. The molecule has 0 unspecified atom stereocenters. The molecule has 2 aromatic rings. The van der Waals surface area contributed by atoms with Gasteiger partial charge in [-0.1, -0.05) is 25.4 Å². The van der Waals surface area contributed by atoms with Gasteiger partial charge in [0.05, 0.1) is 17.9 Å². The molecule has 116 valence electrons. The molecule has 1 aromatic heterocycles. The molecule has 0 fully saturated rings. The summed E-state index contributed by atoms with van der Waals surface area (Å²) in [5, 5.41) is -0.0149. The summed E-state index contributed by atoms with van der Waals surface area (Å²) in [6, 6.07) is 7.34. The zero-order valence-electron chi connectivity index (χ0n) is 12.3. The molecule has 0 aliphatic rings. The lowest BCUT2D eigenvalue weighted by atomic mass is 10.1. The highest BCUT2D eigenvalue weighted by Crippen LogP contribution is 2.26. The molecule has 2 N–H and O–H groups in total. The van der Waals surface area contributed by atoms with E-state index in [0.717, 1.165) is 0 Å². The number of primary amides is 1. The lowest BCUT2D eigenvalue weighted by Crippen LogP contribution is -2.12. The smallest absolute Gasteiger partial charge is 0.251 e. The number of nitrogens with two attached hydrogens (primary N) is 1. The number of nitrogens with zero attached hydrogens (tertiary/aromatic N) is 1. The molecule has 2 rings (SSSR count). The predicted molar refractivity (Wildman–Crippen MR) is 83.5 cm³/mol. The quantitative estimate of drug-likeness (QED) is 0.854. The van der Waals surface area contributed by atoms with Crippen LogP contribution in [0.1, 0.15) is 24.2 Å². The number of pyridine rings is 1. The van der Waals surface area contributed by atoms with Gasteiger partial charge in [0, 0.05) is 11.6 Å². The molecule has 0 atom stereocenters. The van der Waals surface area contributed by atoms with E-state index < -0.39 is 11.7 Å². The standard InChI is InChI=1S/C16H16ClFN2O2/c1-9(2)8-22-12-6-10(5-11(18)7-12)14-4-3-13(16(19)21)15(17)20-14/h3-7,9H,8H2,1-2H3,(H2,19,21).